The van der Waals surface area contributed by atoms with Crippen molar-refractivity contribution in [1.82, 2.24) is 0 Å². The lowest BCUT2D eigenvalue weighted by Crippen LogP contribution is -1.77. The molecule has 2 heteroatoms. The van der Waals surface area contributed by atoms with Crippen molar-refractivity contribution in [2.45, 2.75) is 20.5 Å². The predicted octanol–water partition coefficient (Wildman–Crippen LogP) is 3.01. The van der Waals surface area contributed by atoms with Gasteiger partial charge in [0.15, 0.2) is 0 Å². The molecular formula is C11H12OS. The molecule has 1 aromatic carbocycles. The monoisotopic (exact) mass is 192 g/mol. The Kier molecular flexibility index (Phi) is 2.10. The zero-order valence-corrected chi connectivity index (χ0v) is 8.61. The van der Waals surface area contributed by atoms with Crippen LogP contribution in [0.4, 0.5) is 0 Å². The summed E-state index contributed by atoms with van der Waals surface area (Å²) in [5, 5.41) is 10.3. The first kappa shape index (κ1) is 8.73. The van der Waals surface area contributed by atoms with E-state index in [0.29, 0.717) is 0 Å². The van der Waals surface area contributed by atoms with E-state index in [1.165, 1.54) is 21.2 Å². The van der Waals surface area contributed by atoms with Crippen molar-refractivity contribution in [1.29, 1.82) is 0 Å². The molecule has 0 bridgehead atoms. The maximum atomic E-state index is 9.01. The summed E-state index contributed by atoms with van der Waals surface area (Å²) < 4.78 is 1.31. The van der Waals surface area contributed by atoms with Gasteiger partial charge in [-0.3, -0.25) is 0 Å². The highest BCUT2D eigenvalue weighted by Crippen LogP contribution is 2.30. The molecule has 0 unspecified atom stereocenters. The van der Waals surface area contributed by atoms with Gasteiger partial charge in [-0.25, -0.2) is 0 Å². The fraction of sp³-hybridized carbons (Fsp3) is 0.273. The van der Waals surface area contributed by atoms with E-state index in [9.17, 15) is 0 Å². The van der Waals surface area contributed by atoms with Crippen LogP contribution in [-0.4, -0.2) is 5.11 Å². The zero-order chi connectivity index (χ0) is 9.42. The summed E-state index contributed by atoms with van der Waals surface area (Å²) in [6.45, 7) is 4.40. The van der Waals surface area contributed by atoms with E-state index >= 15 is 0 Å². The summed E-state index contributed by atoms with van der Waals surface area (Å²) in [6, 6.07) is 6.31. The van der Waals surface area contributed by atoms with Crippen LogP contribution in [0.1, 0.15) is 16.0 Å². The second-order valence-electron chi connectivity index (χ2n) is 3.30. The van der Waals surface area contributed by atoms with E-state index in [1.54, 1.807) is 11.3 Å². The van der Waals surface area contributed by atoms with E-state index in [-0.39, 0.29) is 6.61 Å². The predicted molar refractivity (Wildman–Crippen MR) is 57.2 cm³/mol. The number of rotatable bonds is 1. The summed E-state index contributed by atoms with van der Waals surface area (Å²) in [6.07, 6.45) is 0. The van der Waals surface area contributed by atoms with Gasteiger partial charge in [0, 0.05) is 9.58 Å². The lowest BCUT2D eigenvalue weighted by atomic mass is 10.1. The van der Waals surface area contributed by atoms with Crippen molar-refractivity contribution in [2.24, 2.45) is 0 Å². The van der Waals surface area contributed by atoms with Crippen molar-refractivity contribution in [2.75, 3.05) is 0 Å². The summed E-state index contributed by atoms with van der Waals surface area (Å²) in [5.41, 5.74) is 2.65. The van der Waals surface area contributed by atoms with E-state index in [1.807, 2.05) is 0 Å². The Labute approximate surface area is 81.6 Å². The van der Waals surface area contributed by atoms with Crippen LogP contribution in [0.25, 0.3) is 10.1 Å². The maximum absolute atomic E-state index is 9.01. The van der Waals surface area contributed by atoms with E-state index in [2.05, 4.69) is 32.0 Å². The second-order valence-corrected chi connectivity index (χ2v) is 4.43. The number of benzene rings is 1. The van der Waals surface area contributed by atoms with Crippen LogP contribution in [-0.2, 0) is 6.61 Å². The Morgan fingerprint density at radius 2 is 2.08 bits per heavy atom. The van der Waals surface area contributed by atoms with Gasteiger partial charge in [0.25, 0.3) is 0 Å². The Morgan fingerprint density at radius 1 is 1.31 bits per heavy atom. The average molecular weight is 192 g/mol. The number of thiophene rings is 1. The number of aliphatic hydroxyl groups excluding tert-OH is 1. The highest BCUT2D eigenvalue weighted by molar-refractivity contribution is 7.19. The summed E-state index contributed by atoms with van der Waals surface area (Å²) in [5.74, 6) is 0. The highest BCUT2D eigenvalue weighted by Gasteiger charge is 2.04. The largest absolute Gasteiger partial charge is 0.391 e. The first-order valence-electron chi connectivity index (χ1n) is 4.32. The fourth-order valence-electron chi connectivity index (χ4n) is 1.47. The first-order valence-corrected chi connectivity index (χ1v) is 5.13. The van der Waals surface area contributed by atoms with Crippen LogP contribution in [0, 0.1) is 13.8 Å². The summed E-state index contributed by atoms with van der Waals surface area (Å²) >= 11 is 1.69. The van der Waals surface area contributed by atoms with Gasteiger partial charge >= 0.3 is 0 Å². The molecular weight excluding hydrogens is 180 g/mol. The maximum Gasteiger partial charge on any atom is 0.0774 e. The quantitative estimate of drug-likeness (QED) is 0.736. The van der Waals surface area contributed by atoms with Crippen LogP contribution in [0.5, 0.6) is 0 Å². The molecule has 0 saturated carbocycles. The molecule has 0 amide bonds. The number of hydrogen-bond acceptors (Lipinski definition) is 2. The van der Waals surface area contributed by atoms with Crippen molar-refractivity contribution in [3.63, 3.8) is 0 Å². The lowest BCUT2D eigenvalue weighted by molar-refractivity contribution is 0.285. The minimum Gasteiger partial charge on any atom is -0.391 e. The minimum absolute atomic E-state index is 0.151. The number of hydrogen-bond donors (Lipinski definition) is 1. The summed E-state index contributed by atoms with van der Waals surface area (Å²) in [4.78, 5) is 1.05. The number of aryl methyl sites for hydroxylation is 2. The third-order valence-corrected chi connectivity index (χ3v) is 3.67. The molecule has 0 aliphatic carbocycles. The van der Waals surface area contributed by atoms with Crippen molar-refractivity contribution in [3.8, 4) is 0 Å². The molecule has 1 aromatic heterocycles. The molecule has 0 saturated heterocycles. The number of aliphatic hydroxyl groups is 1. The molecule has 2 aromatic rings. The summed E-state index contributed by atoms with van der Waals surface area (Å²) in [7, 11) is 0. The van der Waals surface area contributed by atoms with Gasteiger partial charge < -0.3 is 5.11 Å². The average Bonchev–Trinajstić information content (AvgIpc) is 2.55. The Balaban J connectivity index is 2.76. The van der Waals surface area contributed by atoms with Gasteiger partial charge in [-0.2, -0.15) is 0 Å². The molecule has 13 heavy (non-hydrogen) atoms. The molecule has 0 radical (unpaired) electrons. The standard InChI is InChI=1S/C11H12OS/c1-7-3-4-9-5-10(6-12)13-11(9)8(7)2/h3-5,12H,6H2,1-2H3. The highest BCUT2D eigenvalue weighted by atomic mass is 32.1. The van der Waals surface area contributed by atoms with Gasteiger partial charge in [0.1, 0.15) is 0 Å². The van der Waals surface area contributed by atoms with Crippen LogP contribution < -0.4 is 0 Å². The van der Waals surface area contributed by atoms with Gasteiger partial charge in [-0.05, 0) is 36.4 Å². The smallest absolute Gasteiger partial charge is 0.0774 e. The Bertz CT molecular complexity index is 443. The molecule has 2 rings (SSSR count). The molecule has 68 valence electrons. The first-order chi connectivity index (χ1) is 6.22. The van der Waals surface area contributed by atoms with Gasteiger partial charge in [-0.15, -0.1) is 11.3 Å². The van der Waals surface area contributed by atoms with Crippen LogP contribution >= 0.6 is 11.3 Å². The van der Waals surface area contributed by atoms with Gasteiger partial charge in [-0.1, -0.05) is 12.1 Å². The molecule has 1 N–H and O–H groups in total. The molecule has 0 aliphatic heterocycles. The molecule has 0 aliphatic rings. The third kappa shape index (κ3) is 1.36. The minimum atomic E-state index is 0.151. The molecule has 0 atom stereocenters. The zero-order valence-electron chi connectivity index (χ0n) is 7.79. The van der Waals surface area contributed by atoms with Gasteiger partial charge in [0.2, 0.25) is 0 Å². The number of fused-ring (bicyclic) bond motifs is 1. The normalized spacial score (nSPS) is 11.0. The molecule has 0 fully saturated rings. The SMILES string of the molecule is Cc1ccc2cc(CO)sc2c1C. The van der Waals surface area contributed by atoms with E-state index < -0.39 is 0 Å². The van der Waals surface area contributed by atoms with E-state index in [4.69, 9.17) is 5.11 Å². The van der Waals surface area contributed by atoms with Crippen molar-refractivity contribution in [3.05, 3.63) is 34.2 Å². The topological polar surface area (TPSA) is 20.2 Å². The van der Waals surface area contributed by atoms with Crippen molar-refractivity contribution < 1.29 is 5.11 Å². The van der Waals surface area contributed by atoms with E-state index in [0.717, 1.165) is 4.88 Å². The molecule has 1 heterocycles. The Hall–Kier alpha value is -0.860. The van der Waals surface area contributed by atoms with Gasteiger partial charge in [0.05, 0.1) is 6.61 Å². The van der Waals surface area contributed by atoms with Crippen LogP contribution in [0.3, 0.4) is 0 Å². The van der Waals surface area contributed by atoms with Crippen LogP contribution in [0.2, 0.25) is 0 Å². The second kappa shape index (κ2) is 3.13. The Morgan fingerprint density at radius 3 is 2.77 bits per heavy atom. The fourth-order valence-corrected chi connectivity index (χ4v) is 2.54. The third-order valence-electron chi connectivity index (χ3n) is 2.41. The lowest BCUT2D eigenvalue weighted by Gasteiger charge is -1.99. The molecule has 0 spiro atoms. The molecule has 1 nitrogen and oxygen atoms in total. The van der Waals surface area contributed by atoms with Crippen LogP contribution in [0.15, 0.2) is 18.2 Å². The van der Waals surface area contributed by atoms with Crippen molar-refractivity contribution >= 4 is 21.4 Å².